The second-order valence-corrected chi connectivity index (χ2v) is 4.86. The molecular weight excluding hydrogens is 278 g/mol. The van der Waals surface area contributed by atoms with Crippen LogP contribution in [0.5, 0.6) is 0 Å². The largest absolute Gasteiger partial charge is 0.370 e. The molecule has 0 fully saturated rings. The van der Waals surface area contributed by atoms with E-state index in [1.807, 2.05) is 38.1 Å². The third kappa shape index (κ3) is 4.28. The summed E-state index contributed by atoms with van der Waals surface area (Å²) >= 11 is 0. The van der Waals surface area contributed by atoms with Gasteiger partial charge in [0.15, 0.2) is 0 Å². The van der Waals surface area contributed by atoms with Crippen molar-refractivity contribution in [1.82, 2.24) is 9.97 Å². The van der Waals surface area contributed by atoms with Crippen LogP contribution in [0, 0.1) is 25.2 Å². The molecule has 22 heavy (non-hydrogen) atoms. The lowest BCUT2D eigenvalue weighted by Crippen LogP contribution is -2.17. The fourth-order valence-corrected chi connectivity index (χ4v) is 1.86. The summed E-state index contributed by atoms with van der Waals surface area (Å²) in [5, 5.41) is 14.7. The maximum Gasteiger partial charge on any atom is 0.227 e. The fraction of sp³-hybridized carbons (Fsp3) is 0.250. The Balaban J connectivity index is 1.83. The number of carbonyl (C=O) groups is 1. The van der Waals surface area contributed by atoms with Crippen LogP contribution in [0.3, 0.4) is 0 Å². The molecule has 0 saturated carbocycles. The number of nitrogens with one attached hydrogen (secondary N) is 2. The average Bonchev–Trinajstić information content (AvgIpc) is 2.49. The number of aryl methyl sites for hydroxylation is 2. The van der Waals surface area contributed by atoms with Crippen LogP contribution >= 0.6 is 0 Å². The minimum Gasteiger partial charge on any atom is -0.370 e. The summed E-state index contributed by atoms with van der Waals surface area (Å²) in [6, 6.07) is 11.1. The Morgan fingerprint density at radius 3 is 2.73 bits per heavy atom. The minimum atomic E-state index is -0.127. The maximum absolute atomic E-state index is 11.8. The van der Waals surface area contributed by atoms with Gasteiger partial charge < -0.3 is 10.6 Å². The van der Waals surface area contributed by atoms with Crippen molar-refractivity contribution in [2.45, 2.75) is 20.3 Å². The van der Waals surface area contributed by atoms with Gasteiger partial charge in [0.05, 0.1) is 0 Å². The number of rotatable bonds is 5. The highest BCUT2D eigenvalue weighted by Crippen LogP contribution is 2.09. The molecule has 6 nitrogen and oxygen atoms in total. The molecule has 0 aliphatic heterocycles. The van der Waals surface area contributed by atoms with Crippen LogP contribution in [0.25, 0.3) is 0 Å². The number of anilines is 2. The first kappa shape index (κ1) is 15.4. The molecule has 2 aromatic rings. The molecule has 2 aromatic heterocycles. The lowest BCUT2D eigenvalue weighted by atomic mass is 10.2. The summed E-state index contributed by atoms with van der Waals surface area (Å²) in [6.07, 6.45) is 0.285. The van der Waals surface area contributed by atoms with Gasteiger partial charge >= 0.3 is 0 Å². The van der Waals surface area contributed by atoms with E-state index in [-0.39, 0.29) is 12.3 Å². The van der Waals surface area contributed by atoms with Gasteiger partial charge in [-0.15, -0.1) is 0 Å². The molecule has 6 heteroatoms. The van der Waals surface area contributed by atoms with Crippen molar-refractivity contribution in [1.29, 1.82) is 5.26 Å². The van der Waals surface area contributed by atoms with Crippen molar-refractivity contribution in [2.24, 2.45) is 0 Å². The number of hydrogen-bond donors (Lipinski definition) is 2. The van der Waals surface area contributed by atoms with E-state index in [1.165, 1.54) is 0 Å². The van der Waals surface area contributed by atoms with Gasteiger partial charge in [0, 0.05) is 18.7 Å². The molecule has 0 unspecified atom stereocenters. The van der Waals surface area contributed by atoms with E-state index in [0.29, 0.717) is 23.9 Å². The number of aromatic nitrogens is 2. The number of nitrogens with zero attached hydrogens (tertiary/aromatic N) is 3. The maximum atomic E-state index is 11.8. The molecule has 0 aliphatic carbocycles. The molecule has 1 amide bonds. The monoisotopic (exact) mass is 295 g/mol. The molecule has 2 heterocycles. The predicted molar refractivity (Wildman–Crippen MR) is 84.4 cm³/mol. The highest BCUT2D eigenvalue weighted by Gasteiger charge is 2.05. The molecule has 0 saturated heterocycles. The van der Waals surface area contributed by atoms with Crippen molar-refractivity contribution in [3.05, 3.63) is 47.3 Å². The molecule has 2 rings (SSSR count). The van der Waals surface area contributed by atoms with Gasteiger partial charge in [-0.25, -0.2) is 9.97 Å². The van der Waals surface area contributed by atoms with Crippen molar-refractivity contribution in [3.63, 3.8) is 0 Å². The van der Waals surface area contributed by atoms with Gasteiger partial charge in [0.1, 0.15) is 23.4 Å². The van der Waals surface area contributed by atoms with Crippen LogP contribution in [0.4, 0.5) is 11.6 Å². The van der Waals surface area contributed by atoms with Crippen LogP contribution in [0.15, 0.2) is 30.3 Å². The summed E-state index contributed by atoms with van der Waals surface area (Å²) in [5.41, 5.74) is 2.07. The first-order chi connectivity index (χ1) is 10.6. The van der Waals surface area contributed by atoms with E-state index >= 15 is 0 Å². The number of amides is 1. The van der Waals surface area contributed by atoms with Gasteiger partial charge in [0.2, 0.25) is 5.91 Å². The summed E-state index contributed by atoms with van der Waals surface area (Å²) in [4.78, 5) is 20.2. The van der Waals surface area contributed by atoms with E-state index in [1.54, 1.807) is 12.1 Å². The molecule has 0 spiro atoms. The third-order valence-corrected chi connectivity index (χ3v) is 3.02. The van der Waals surface area contributed by atoms with Crippen molar-refractivity contribution >= 4 is 17.5 Å². The highest BCUT2D eigenvalue weighted by molar-refractivity contribution is 5.90. The van der Waals surface area contributed by atoms with Crippen LogP contribution in [0.2, 0.25) is 0 Å². The number of carbonyl (C=O) groups excluding carboxylic acids is 1. The lowest BCUT2D eigenvalue weighted by Gasteiger charge is -2.07. The highest BCUT2D eigenvalue weighted by atomic mass is 16.1. The Morgan fingerprint density at radius 1 is 1.18 bits per heavy atom. The van der Waals surface area contributed by atoms with E-state index < -0.39 is 0 Å². The zero-order chi connectivity index (χ0) is 15.9. The second kappa shape index (κ2) is 7.18. The van der Waals surface area contributed by atoms with Crippen LogP contribution in [-0.2, 0) is 4.79 Å². The second-order valence-electron chi connectivity index (χ2n) is 4.86. The number of pyridine rings is 2. The summed E-state index contributed by atoms with van der Waals surface area (Å²) in [6.45, 7) is 4.13. The summed E-state index contributed by atoms with van der Waals surface area (Å²) < 4.78 is 0. The number of nitriles is 1. The minimum absolute atomic E-state index is 0.127. The average molecular weight is 295 g/mol. The molecule has 112 valence electrons. The molecule has 0 aliphatic rings. The number of hydrogen-bond acceptors (Lipinski definition) is 5. The smallest absolute Gasteiger partial charge is 0.227 e. The summed E-state index contributed by atoms with van der Waals surface area (Å²) in [7, 11) is 0. The van der Waals surface area contributed by atoms with E-state index in [0.717, 1.165) is 11.3 Å². The Labute approximate surface area is 129 Å². The standard InChI is InChI=1S/C16H17N5O/c1-11-6-7-14(20-13(11)10-17)18-9-8-16(22)21-15-5-3-4-12(2)19-15/h3-7H,8-9H2,1-2H3,(H,18,20)(H,19,21,22). The SMILES string of the molecule is Cc1cccc(NC(=O)CCNc2ccc(C)c(C#N)n2)n1. The molecular formula is C16H17N5O. The molecule has 0 radical (unpaired) electrons. The Bertz CT molecular complexity index is 721. The normalized spacial score (nSPS) is 9.86. The van der Waals surface area contributed by atoms with Crippen LogP contribution in [-0.4, -0.2) is 22.4 Å². The zero-order valence-electron chi connectivity index (χ0n) is 12.6. The topological polar surface area (TPSA) is 90.7 Å². The Morgan fingerprint density at radius 2 is 2.00 bits per heavy atom. The Hall–Kier alpha value is -2.94. The first-order valence-corrected chi connectivity index (χ1v) is 6.93. The van der Waals surface area contributed by atoms with E-state index in [9.17, 15) is 4.79 Å². The van der Waals surface area contributed by atoms with Crippen molar-refractivity contribution in [2.75, 3.05) is 17.2 Å². The van der Waals surface area contributed by atoms with Gasteiger partial charge in [-0.1, -0.05) is 12.1 Å². The molecule has 2 N–H and O–H groups in total. The first-order valence-electron chi connectivity index (χ1n) is 6.93. The quantitative estimate of drug-likeness (QED) is 0.884. The zero-order valence-corrected chi connectivity index (χ0v) is 12.6. The van der Waals surface area contributed by atoms with Gasteiger partial charge in [-0.3, -0.25) is 4.79 Å². The fourth-order valence-electron chi connectivity index (χ4n) is 1.86. The summed E-state index contributed by atoms with van der Waals surface area (Å²) in [5.74, 6) is 1.01. The molecule has 0 bridgehead atoms. The van der Waals surface area contributed by atoms with E-state index in [4.69, 9.17) is 5.26 Å². The molecule has 0 atom stereocenters. The Kier molecular flexibility index (Phi) is 5.04. The van der Waals surface area contributed by atoms with Crippen molar-refractivity contribution in [3.8, 4) is 6.07 Å². The lowest BCUT2D eigenvalue weighted by molar-refractivity contribution is -0.116. The van der Waals surface area contributed by atoms with Crippen LogP contribution in [0.1, 0.15) is 23.4 Å². The van der Waals surface area contributed by atoms with Gasteiger partial charge in [-0.2, -0.15) is 5.26 Å². The van der Waals surface area contributed by atoms with Gasteiger partial charge in [-0.05, 0) is 37.6 Å². The molecule has 0 aromatic carbocycles. The van der Waals surface area contributed by atoms with Crippen LogP contribution < -0.4 is 10.6 Å². The van der Waals surface area contributed by atoms with E-state index in [2.05, 4.69) is 20.6 Å². The predicted octanol–water partition coefficient (Wildman–Crippen LogP) is 2.41. The third-order valence-electron chi connectivity index (χ3n) is 3.02. The van der Waals surface area contributed by atoms with Gasteiger partial charge in [0.25, 0.3) is 0 Å². The van der Waals surface area contributed by atoms with Crippen molar-refractivity contribution < 1.29 is 4.79 Å².